The third-order valence-electron chi connectivity index (χ3n) is 6.17. The average molecular weight is 453 g/mol. The Morgan fingerprint density at radius 2 is 2.00 bits per heavy atom. The van der Waals surface area contributed by atoms with Gasteiger partial charge in [-0.05, 0) is 52.2 Å². The van der Waals surface area contributed by atoms with E-state index in [2.05, 4.69) is 10.3 Å². The first-order chi connectivity index (χ1) is 15.6. The Hall–Kier alpha value is -3.69. The number of esters is 1. The molecule has 1 aliphatic heterocycles. The van der Waals surface area contributed by atoms with Crippen LogP contribution in [0.15, 0.2) is 40.2 Å². The van der Waals surface area contributed by atoms with Crippen LogP contribution in [0.4, 0.5) is 10.5 Å². The fraction of sp³-hybridized carbons (Fsp3) is 0.435. The zero-order valence-electron chi connectivity index (χ0n) is 19.4. The smallest absolute Gasteiger partial charge is 0.333 e. The van der Waals surface area contributed by atoms with Gasteiger partial charge in [0.25, 0.3) is 5.91 Å². The second-order valence-electron chi connectivity index (χ2n) is 8.75. The van der Waals surface area contributed by atoms with Gasteiger partial charge in [0.05, 0.1) is 31.2 Å². The quantitative estimate of drug-likeness (QED) is 0.488. The van der Waals surface area contributed by atoms with E-state index in [1.165, 1.54) is 18.2 Å². The summed E-state index contributed by atoms with van der Waals surface area (Å²) in [6, 6.07) is -0.429. The number of urea groups is 1. The number of rotatable bonds is 6. The molecule has 33 heavy (non-hydrogen) atoms. The Bertz CT molecular complexity index is 1170. The van der Waals surface area contributed by atoms with Crippen molar-refractivity contribution in [2.75, 3.05) is 18.6 Å². The molecule has 2 aromatic rings. The summed E-state index contributed by atoms with van der Waals surface area (Å²) >= 11 is 0. The Labute approximate surface area is 191 Å². The van der Waals surface area contributed by atoms with Gasteiger partial charge in [0.2, 0.25) is 0 Å². The van der Waals surface area contributed by atoms with Crippen LogP contribution in [0.1, 0.15) is 43.7 Å². The van der Waals surface area contributed by atoms with Crippen LogP contribution in [0.2, 0.25) is 0 Å². The van der Waals surface area contributed by atoms with Crippen molar-refractivity contribution in [2.24, 2.45) is 0 Å². The number of allylic oxidation sites excluding steroid dienone is 1. The number of carbonyl (C=O) groups is 3. The van der Waals surface area contributed by atoms with Crippen LogP contribution in [-0.2, 0) is 20.9 Å². The first-order valence-corrected chi connectivity index (χ1v) is 10.7. The van der Waals surface area contributed by atoms with Crippen LogP contribution in [-0.4, -0.2) is 56.9 Å². The minimum atomic E-state index is -1.06. The van der Waals surface area contributed by atoms with E-state index in [4.69, 9.17) is 9.26 Å². The van der Waals surface area contributed by atoms with Crippen molar-refractivity contribution in [1.29, 1.82) is 0 Å². The largest absolute Gasteiger partial charge is 0.466 e. The molecule has 1 fully saturated rings. The lowest BCUT2D eigenvalue weighted by Crippen LogP contribution is -2.45. The topological polar surface area (TPSA) is 111 Å². The van der Waals surface area contributed by atoms with Gasteiger partial charge >= 0.3 is 12.0 Å². The fourth-order valence-corrected chi connectivity index (χ4v) is 4.13. The standard InChI is InChI=1S/C23H27N5O5/c1-14-19(15(2)33-25-14)13-26-12-18(10-24-26)28-21(30)23(3,4)27(22(28)31)11-16-7-6-8-17(9-16)20(29)32-5/h7,9-10,12H,6,8,11,13H2,1-5H3. The summed E-state index contributed by atoms with van der Waals surface area (Å²) in [6.45, 7) is 7.74. The second-order valence-corrected chi connectivity index (χ2v) is 8.75. The van der Waals surface area contributed by atoms with Crippen molar-refractivity contribution < 1.29 is 23.6 Å². The molecule has 174 valence electrons. The maximum Gasteiger partial charge on any atom is 0.333 e. The molecule has 10 heteroatoms. The number of ether oxygens (including phenoxy) is 1. The maximum atomic E-state index is 13.3. The van der Waals surface area contributed by atoms with Crippen LogP contribution in [0.3, 0.4) is 0 Å². The summed E-state index contributed by atoms with van der Waals surface area (Å²) in [4.78, 5) is 41.2. The van der Waals surface area contributed by atoms with E-state index in [0.717, 1.165) is 21.7 Å². The molecule has 0 bridgehead atoms. The summed E-state index contributed by atoms with van der Waals surface area (Å²) in [5, 5.41) is 8.27. The lowest BCUT2D eigenvalue weighted by molar-refractivity contribution is -0.136. The zero-order valence-corrected chi connectivity index (χ0v) is 19.4. The molecule has 3 heterocycles. The Kier molecular flexibility index (Phi) is 5.69. The number of imide groups is 1. The number of hydrogen-bond acceptors (Lipinski definition) is 7. The Morgan fingerprint density at radius 3 is 2.67 bits per heavy atom. The van der Waals surface area contributed by atoms with Crippen molar-refractivity contribution in [3.8, 4) is 0 Å². The highest BCUT2D eigenvalue weighted by Gasteiger charge is 2.52. The number of aromatic nitrogens is 3. The minimum absolute atomic E-state index is 0.210. The Balaban J connectivity index is 1.56. The molecule has 1 saturated heterocycles. The summed E-state index contributed by atoms with van der Waals surface area (Å²) in [5.74, 6) is -0.0145. The van der Waals surface area contributed by atoms with Gasteiger partial charge in [0.1, 0.15) is 11.3 Å². The molecule has 1 aliphatic carbocycles. The van der Waals surface area contributed by atoms with Crippen molar-refractivity contribution in [1.82, 2.24) is 19.8 Å². The first kappa shape index (κ1) is 22.5. The van der Waals surface area contributed by atoms with Crippen LogP contribution >= 0.6 is 0 Å². The molecule has 0 aromatic carbocycles. The summed E-state index contributed by atoms with van der Waals surface area (Å²) in [6.07, 6.45) is 8.14. The highest BCUT2D eigenvalue weighted by Crippen LogP contribution is 2.33. The number of methoxy groups -OCH3 is 1. The van der Waals surface area contributed by atoms with E-state index in [1.54, 1.807) is 30.8 Å². The normalized spacial score (nSPS) is 18.0. The second kappa shape index (κ2) is 8.34. The molecule has 3 amide bonds. The SMILES string of the molecule is COC(=O)C1=CC(CN2C(=O)N(c3cnn(Cc4c(C)noc4C)c3)C(=O)C2(C)C)=CCC1. The van der Waals surface area contributed by atoms with E-state index in [-0.39, 0.29) is 18.4 Å². The average Bonchev–Trinajstić information content (AvgIpc) is 3.42. The lowest BCUT2D eigenvalue weighted by atomic mass is 9.97. The van der Waals surface area contributed by atoms with Gasteiger partial charge < -0.3 is 14.2 Å². The van der Waals surface area contributed by atoms with Gasteiger partial charge in [-0.2, -0.15) is 5.10 Å². The van der Waals surface area contributed by atoms with Gasteiger partial charge in [-0.15, -0.1) is 0 Å². The summed E-state index contributed by atoms with van der Waals surface area (Å²) in [5.41, 5.74) is 2.37. The van der Waals surface area contributed by atoms with E-state index < -0.39 is 11.6 Å². The van der Waals surface area contributed by atoms with Crippen LogP contribution in [0.5, 0.6) is 0 Å². The maximum absolute atomic E-state index is 13.3. The van der Waals surface area contributed by atoms with Gasteiger partial charge in [0, 0.05) is 23.9 Å². The monoisotopic (exact) mass is 453 g/mol. The van der Waals surface area contributed by atoms with Gasteiger partial charge in [0.15, 0.2) is 0 Å². The molecule has 0 spiro atoms. The van der Waals surface area contributed by atoms with E-state index in [1.807, 2.05) is 19.9 Å². The van der Waals surface area contributed by atoms with Crippen LogP contribution in [0.25, 0.3) is 0 Å². The molecule has 0 saturated carbocycles. The van der Waals surface area contributed by atoms with Crippen LogP contribution in [0, 0.1) is 13.8 Å². The molecule has 0 N–H and O–H groups in total. The van der Waals surface area contributed by atoms with E-state index in [9.17, 15) is 14.4 Å². The predicted molar refractivity (Wildman–Crippen MR) is 118 cm³/mol. The molecule has 2 aliphatic rings. The molecule has 0 radical (unpaired) electrons. The number of carbonyl (C=O) groups excluding carboxylic acids is 3. The number of amides is 3. The first-order valence-electron chi connectivity index (χ1n) is 10.7. The van der Waals surface area contributed by atoms with E-state index >= 15 is 0 Å². The number of nitrogens with zero attached hydrogens (tertiary/aromatic N) is 5. The lowest BCUT2D eigenvalue weighted by Gasteiger charge is -2.29. The summed E-state index contributed by atoms with van der Waals surface area (Å²) < 4.78 is 11.7. The molecule has 0 unspecified atom stereocenters. The van der Waals surface area contributed by atoms with Gasteiger partial charge in [-0.25, -0.2) is 14.5 Å². The molecular formula is C23H27N5O5. The van der Waals surface area contributed by atoms with Crippen LogP contribution < -0.4 is 4.90 Å². The third kappa shape index (κ3) is 3.96. The third-order valence-corrected chi connectivity index (χ3v) is 6.17. The predicted octanol–water partition coefficient (Wildman–Crippen LogP) is 2.90. The molecule has 0 atom stereocenters. The van der Waals surface area contributed by atoms with E-state index in [0.29, 0.717) is 36.4 Å². The van der Waals surface area contributed by atoms with Crippen molar-refractivity contribution in [3.63, 3.8) is 0 Å². The minimum Gasteiger partial charge on any atom is -0.466 e. The number of anilines is 1. The van der Waals surface area contributed by atoms with Crippen molar-refractivity contribution in [3.05, 3.63) is 52.7 Å². The fourth-order valence-electron chi connectivity index (χ4n) is 4.13. The highest BCUT2D eigenvalue weighted by atomic mass is 16.5. The zero-order chi connectivity index (χ0) is 23.9. The highest BCUT2D eigenvalue weighted by molar-refractivity contribution is 6.22. The number of aryl methyl sites for hydroxylation is 2. The number of hydrogen-bond donors (Lipinski definition) is 0. The molecule has 4 rings (SSSR count). The van der Waals surface area contributed by atoms with Gasteiger partial charge in [-0.1, -0.05) is 11.2 Å². The van der Waals surface area contributed by atoms with Crippen molar-refractivity contribution in [2.45, 2.75) is 52.6 Å². The molecular weight excluding hydrogens is 426 g/mol. The van der Waals surface area contributed by atoms with Crippen molar-refractivity contribution >= 4 is 23.6 Å². The molecule has 10 nitrogen and oxygen atoms in total. The molecule has 2 aromatic heterocycles. The summed E-state index contributed by atoms with van der Waals surface area (Å²) in [7, 11) is 1.34. The Morgan fingerprint density at radius 1 is 1.24 bits per heavy atom. The van der Waals surface area contributed by atoms with Gasteiger partial charge in [-0.3, -0.25) is 9.48 Å².